The predicted molar refractivity (Wildman–Crippen MR) is 138 cm³/mol. The van der Waals surface area contributed by atoms with Gasteiger partial charge in [0, 0.05) is 24.9 Å². The Morgan fingerprint density at radius 3 is 2.53 bits per heavy atom. The Hall–Kier alpha value is -1.93. The lowest BCUT2D eigenvalue weighted by Crippen LogP contribution is -2.43. The zero-order chi connectivity index (χ0) is 21.4. The second-order valence-corrected chi connectivity index (χ2v) is 9.00. The van der Waals surface area contributed by atoms with Gasteiger partial charge in [-0.1, -0.05) is 17.7 Å². The van der Waals surface area contributed by atoms with E-state index in [0.717, 1.165) is 42.4 Å². The lowest BCUT2D eigenvalue weighted by molar-refractivity contribution is 0.657. The van der Waals surface area contributed by atoms with Gasteiger partial charge >= 0.3 is 0 Å². The van der Waals surface area contributed by atoms with Crippen LogP contribution in [0.3, 0.4) is 0 Å². The third-order valence-electron chi connectivity index (χ3n) is 4.72. The molecule has 2 rings (SSSR count). The number of benzene rings is 1. The largest absolute Gasteiger partial charge is 0.382 e. The molecular weight excluding hydrogens is 509 g/mol. The van der Waals surface area contributed by atoms with Gasteiger partial charge in [0.2, 0.25) is 0 Å². The number of aromatic nitrogens is 2. The van der Waals surface area contributed by atoms with Crippen LogP contribution in [0.5, 0.6) is 0 Å². The van der Waals surface area contributed by atoms with Crippen molar-refractivity contribution >= 4 is 47.5 Å². The van der Waals surface area contributed by atoms with Crippen LogP contribution in [0.2, 0.25) is 0 Å². The number of hydrogen-bond donors (Lipinski definition) is 3. The molecule has 1 aromatic heterocycles. The lowest BCUT2D eigenvalue weighted by atomic mass is 10.1. The van der Waals surface area contributed by atoms with Gasteiger partial charge in [-0.2, -0.15) is 22.1 Å². The van der Waals surface area contributed by atoms with Crippen LogP contribution in [0.1, 0.15) is 37.1 Å². The summed E-state index contributed by atoms with van der Waals surface area (Å²) in [5.41, 5.74) is 9.38. The van der Waals surface area contributed by atoms with Crippen molar-refractivity contribution in [1.29, 1.82) is 5.26 Å². The van der Waals surface area contributed by atoms with Crippen LogP contribution in [-0.2, 0) is 6.42 Å². The normalized spacial score (nSPS) is 11.5. The van der Waals surface area contributed by atoms with Gasteiger partial charge in [-0.05, 0) is 52.0 Å². The van der Waals surface area contributed by atoms with Crippen LogP contribution < -0.4 is 16.4 Å². The minimum absolute atomic E-state index is 0. The molecule has 0 fully saturated rings. The van der Waals surface area contributed by atoms with Crippen molar-refractivity contribution in [2.45, 2.75) is 38.4 Å². The van der Waals surface area contributed by atoms with E-state index >= 15 is 0 Å². The summed E-state index contributed by atoms with van der Waals surface area (Å²) in [6, 6.07) is 10.1. The molecule has 0 aliphatic carbocycles. The number of anilines is 1. The molecule has 0 atom stereocenters. The maximum atomic E-state index is 9.53. The van der Waals surface area contributed by atoms with Crippen LogP contribution in [0, 0.1) is 18.3 Å². The van der Waals surface area contributed by atoms with E-state index in [1.54, 1.807) is 11.7 Å². The number of nitrogens with zero attached hydrogens (tertiary/aromatic N) is 4. The fraction of sp³-hybridized carbons (Fsp3) is 0.476. The molecule has 7 nitrogen and oxygen atoms in total. The molecule has 0 aliphatic heterocycles. The average molecular weight is 542 g/mol. The molecular formula is C21H32IN7S. The topological polar surface area (TPSA) is 104 Å². The van der Waals surface area contributed by atoms with E-state index in [-0.39, 0.29) is 28.7 Å². The van der Waals surface area contributed by atoms with Gasteiger partial charge < -0.3 is 16.4 Å². The number of aliphatic imine (C=N–C) groups is 1. The number of thioether (sulfide) groups is 1. The quantitative estimate of drug-likeness (QED) is 0.205. The molecule has 0 bridgehead atoms. The van der Waals surface area contributed by atoms with Gasteiger partial charge in [-0.25, -0.2) is 4.68 Å². The molecule has 4 N–H and O–H groups in total. The molecule has 0 amide bonds. The fourth-order valence-corrected chi connectivity index (χ4v) is 2.93. The predicted octanol–water partition coefficient (Wildman–Crippen LogP) is 3.49. The summed E-state index contributed by atoms with van der Waals surface area (Å²) in [6.45, 7) is 7.96. The average Bonchev–Trinajstić information content (AvgIpc) is 3.03. The molecule has 30 heavy (non-hydrogen) atoms. The Morgan fingerprint density at radius 1 is 1.30 bits per heavy atom. The van der Waals surface area contributed by atoms with Crippen molar-refractivity contribution in [2.75, 3.05) is 32.1 Å². The molecule has 1 heterocycles. The van der Waals surface area contributed by atoms with E-state index in [2.05, 4.69) is 46.9 Å². The van der Waals surface area contributed by atoms with E-state index in [1.807, 2.05) is 43.0 Å². The zero-order valence-corrected chi connectivity index (χ0v) is 21.5. The second-order valence-electron chi connectivity index (χ2n) is 7.49. The third kappa shape index (κ3) is 7.09. The summed E-state index contributed by atoms with van der Waals surface area (Å²) >= 11 is 1.81. The summed E-state index contributed by atoms with van der Waals surface area (Å²) in [6.07, 6.45) is 3.57. The number of nitrogens with two attached hydrogens (primary N) is 1. The van der Waals surface area contributed by atoms with Gasteiger partial charge in [0.25, 0.3) is 0 Å². The Morgan fingerprint density at radius 2 is 1.97 bits per heavy atom. The number of nitrogens with one attached hydrogen (secondary N) is 2. The number of rotatable bonds is 8. The van der Waals surface area contributed by atoms with E-state index in [9.17, 15) is 5.26 Å². The fourth-order valence-electron chi connectivity index (χ4n) is 2.71. The summed E-state index contributed by atoms with van der Waals surface area (Å²) < 4.78 is 1.78. The highest BCUT2D eigenvalue weighted by Gasteiger charge is 2.17. The van der Waals surface area contributed by atoms with Crippen molar-refractivity contribution in [3.05, 3.63) is 41.1 Å². The molecule has 164 valence electrons. The van der Waals surface area contributed by atoms with Gasteiger partial charge in [0.05, 0.1) is 11.4 Å². The molecule has 0 aliphatic rings. The standard InChI is InChI=1S/C21H31N7S.HI/c1-15-8-10-16(11-9-15)28-19(23)17(13-22)18(27-28)7-6-12-25-20(24-4)26-14-21(2,3)29-5;/h8-11H,6-7,12,14,23H2,1-5H3,(H2,24,25,26);1H. The van der Waals surface area contributed by atoms with Crippen LogP contribution in [0.15, 0.2) is 29.3 Å². The summed E-state index contributed by atoms with van der Waals surface area (Å²) in [4.78, 5) is 4.26. The Balaban J connectivity index is 0.00000450. The van der Waals surface area contributed by atoms with Gasteiger partial charge in [0.15, 0.2) is 5.96 Å². The number of halogens is 1. The lowest BCUT2D eigenvalue weighted by Gasteiger charge is -2.23. The Bertz CT molecular complexity index is 882. The summed E-state index contributed by atoms with van der Waals surface area (Å²) in [5, 5.41) is 20.8. The van der Waals surface area contributed by atoms with Gasteiger partial charge in [-0.15, -0.1) is 24.0 Å². The first-order chi connectivity index (χ1) is 13.8. The molecule has 0 unspecified atom stereocenters. The Labute approximate surface area is 200 Å². The SMILES string of the molecule is CN=C(NCCCc1nn(-c2ccc(C)cc2)c(N)c1C#N)NCC(C)(C)SC.I. The smallest absolute Gasteiger partial charge is 0.191 e. The first-order valence-electron chi connectivity index (χ1n) is 9.65. The summed E-state index contributed by atoms with van der Waals surface area (Å²) in [7, 11) is 1.76. The molecule has 0 spiro atoms. The highest BCUT2D eigenvalue weighted by molar-refractivity contribution is 14.0. The zero-order valence-electron chi connectivity index (χ0n) is 18.3. The van der Waals surface area contributed by atoms with Gasteiger partial charge in [-0.3, -0.25) is 4.99 Å². The first-order valence-corrected chi connectivity index (χ1v) is 10.9. The molecule has 9 heteroatoms. The minimum atomic E-state index is 0. The molecule has 0 radical (unpaired) electrons. The molecule has 0 saturated carbocycles. The van der Waals surface area contributed by atoms with Crippen molar-refractivity contribution in [2.24, 2.45) is 4.99 Å². The van der Waals surface area contributed by atoms with Crippen LogP contribution in [0.25, 0.3) is 5.69 Å². The van der Waals surface area contributed by atoms with Crippen molar-refractivity contribution in [3.63, 3.8) is 0 Å². The minimum Gasteiger partial charge on any atom is -0.382 e. The number of aryl methyl sites for hydroxylation is 2. The van der Waals surface area contributed by atoms with Gasteiger partial charge in [0.1, 0.15) is 17.5 Å². The Kier molecular flexibility index (Phi) is 10.5. The second kappa shape index (κ2) is 12.1. The first kappa shape index (κ1) is 26.1. The maximum absolute atomic E-state index is 9.53. The highest BCUT2D eigenvalue weighted by Crippen LogP contribution is 2.22. The number of nitrogen functional groups attached to an aromatic ring is 1. The van der Waals surface area contributed by atoms with Crippen molar-refractivity contribution in [1.82, 2.24) is 20.4 Å². The molecule has 0 saturated heterocycles. The number of guanidine groups is 1. The van der Waals surface area contributed by atoms with Crippen molar-refractivity contribution in [3.8, 4) is 11.8 Å². The molecule has 1 aromatic carbocycles. The van der Waals surface area contributed by atoms with Crippen LogP contribution in [-0.4, -0.2) is 46.9 Å². The number of nitriles is 1. The molecule has 2 aromatic rings. The van der Waals surface area contributed by atoms with E-state index in [0.29, 0.717) is 17.8 Å². The summed E-state index contributed by atoms with van der Waals surface area (Å²) in [5.74, 6) is 1.16. The van der Waals surface area contributed by atoms with Crippen LogP contribution in [0.4, 0.5) is 5.82 Å². The van der Waals surface area contributed by atoms with E-state index in [1.165, 1.54) is 0 Å². The van der Waals surface area contributed by atoms with E-state index in [4.69, 9.17) is 5.73 Å². The third-order valence-corrected chi connectivity index (χ3v) is 5.97. The van der Waals surface area contributed by atoms with Crippen LogP contribution >= 0.6 is 35.7 Å². The highest BCUT2D eigenvalue weighted by atomic mass is 127. The van der Waals surface area contributed by atoms with E-state index < -0.39 is 0 Å². The maximum Gasteiger partial charge on any atom is 0.191 e. The monoisotopic (exact) mass is 541 g/mol. The van der Waals surface area contributed by atoms with Crippen molar-refractivity contribution < 1.29 is 0 Å². The number of hydrogen-bond acceptors (Lipinski definition) is 5.